The maximum absolute atomic E-state index is 12.1. The van der Waals surface area contributed by atoms with Crippen LogP contribution in [0.15, 0.2) is 41.3 Å². The summed E-state index contributed by atoms with van der Waals surface area (Å²) < 4.78 is 0. The number of carbonyl (C=O) groups excluding carboxylic acids is 1. The summed E-state index contributed by atoms with van der Waals surface area (Å²) in [5, 5.41) is 18.3. The zero-order chi connectivity index (χ0) is 24.7. The van der Waals surface area contributed by atoms with Crippen LogP contribution in [0.3, 0.4) is 0 Å². The van der Waals surface area contributed by atoms with Gasteiger partial charge in [-0.3, -0.25) is 9.78 Å². The van der Waals surface area contributed by atoms with E-state index in [4.69, 9.17) is 11.3 Å². The lowest BCUT2D eigenvalue weighted by atomic mass is 9.46. The van der Waals surface area contributed by atoms with E-state index in [0.717, 1.165) is 62.6 Å². The predicted octanol–water partition coefficient (Wildman–Crippen LogP) is 4.40. The molecule has 1 amide bonds. The van der Waals surface area contributed by atoms with Gasteiger partial charge in [-0.05, 0) is 98.3 Å². The first-order valence-corrected chi connectivity index (χ1v) is 13.0. The van der Waals surface area contributed by atoms with E-state index >= 15 is 0 Å². The van der Waals surface area contributed by atoms with Gasteiger partial charge in [0.25, 0.3) is 5.91 Å². The fraction of sp³-hybridized carbons (Fsp3) is 0.621. The molecule has 0 aliphatic heterocycles. The molecule has 3 saturated carbocycles. The van der Waals surface area contributed by atoms with Gasteiger partial charge in [0.2, 0.25) is 0 Å². The monoisotopic (exact) mass is 475 g/mol. The fourth-order valence-electron chi connectivity index (χ4n) is 7.82. The van der Waals surface area contributed by atoms with Crippen molar-refractivity contribution >= 4 is 11.6 Å². The van der Waals surface area contributed by atoms with Gasteiger partial charge in [0.15, 0.2) is 6.61 Å². The second-order valence-electron chi connectivity index (χ2n) is 11.5. The summed E-state index contributed by atoms with van der Waals surface area (Å²) in [5.41, 5.74) is 2.46. The molecule has 6 atom stereocenters. The average molecular weight is 476 g/mol. The first-order chi connectivity index (χ1) is 16.8. The summed E-state index contributed by atoms with van der Waals surface area (Å²) in [5.74, 6) is 4.34. The molecule has 1 heterocycles. The number of carbonyl (C=O) groups is 1. The molecule has 6 nitrogen and oxygen atoms in total. The normalized spacial score (nSPS) is 39.0. The molecule has 6 heteroatoms. The molecule has 0 spiro atoms. The van der Waals surface area contributed by atoms with Crippen molar-refractivity contribution in [3.8, 4) is 12.3 Å². The van der Waals surface area contributed by atoms with Crippen LogP contribution in [0.2, 0.25) is 0 Å². The molecule has 1 aromatic rings. The molecule has 0 radical (unpaired) electrons. The number of fused-ring (bicyclic) bond motifs is 5. The summed E-state index contributed by atoms with van der Waals surface area (Å²) in [6.45, 7) is 5.04. The van der Waals surface area contributed by atoms with Gasteiger partial charge in [0, 0.05) is 24.4 Å². The van der Waals surface area contributed by atoms with Crippen LogP contribution in [0.25, 0.3) is 0 Å². The molecule has 35 heavy (non-hydrogen) atoms. The van der Waals surface area contributed by atoms with Gasteiger partial charge in [0.1, 0.15) is 5.60 Å². The minimum absolute atomic E-state index is 0.0852. The predicted molar refractivity (Wildman–Crippen MR) is 135 cm³/mol. The Bertz CT molecular complexity index is 1080. The fourth-order valence-corrected chi connectivity index (χ4v) is 7.82. The topological polar surface area (TPSA) is 83.8 Å². The van der Waals surface area contributed by atoms with Gasteiger partial charge in [-0.1, -0.05) is 30.5 Å². The lowest BCUT2D eigenvalue weighted by molar-refractivity contribution is -0.125. The van der Waals surface area contributed by atoms with Gasteiger partial charge in [-0.15, -0.1) is 6.42 Å². The molecular formula is C29H37N3O3. The molecule has 2 N–H and O–H groups in total. The molecule has 0 aromatic carbocycles. The number of aliphatic hydroxyl groups is 1. The second kappa shape index (κ2) is 9.09. The number of aromatic nitrogens is 1. The third-order valence-electron chi connectivity index (χ3n) is 9.98. The van der Waals surface area contributed by atoms with E-state index in [1.165, 1.54) is 5.57 Å². The number of oxime groups is 1. The molecule has 186 valence electrons. The van der Waals surface area contributed by atoms with E-state index in [-0.39, 0.29) is 23.3 Å². The minimum atomic E-state index is -0.950. The maximum Gasteiger partial charge on any atom is 0.261 e. The number of hydrogen-bond donors (Lipinski definition) is 2. The van der Waals surface area contributed by atoms with E-state index in [2.05, 4.69) is 41.3 Å². The van der Waals surface area contributed by atoms with Crippen molar-refractivity contribution in [1.82, 2.24) is 10.3 Å². The van der Waals surface area contributed by atoms with Crippen LogP contribution >= 0.6 is 0 Å². The zero-order valence-electron chi connectivity index (χ0n) is 20.9. The van der Waals surface area contributed by atoms with Crippen molar-refractivity contribution in [3.05, 3.63) is 41.7 Å². The lowest BCUT2D eigenvalue weighted by Crippen LogP contribution is -2.54. The Morgan fingerprint density at radius 3 is 2.74 bits per heavy atom. The number of nitrogens with one attached hydrogen (secondary N) is 1. The second-order valence-corrected chi connectivity index (χ2v) is 11.5. The lowest BCUT2D eigenvalue weighted by Gasteiger charge is -2.58. The SMILES string of the molecule is C#C[C@@]1(O)CC[C@@H]2[C@H]3CCC4=CC(=NOCC(=O)NCc5ccncc5)CC[C@]4(C)[C@@H]3CC[C@]21C. The molecule has 0 bridgehead atoms. The number of rotatable bonds is 5. The largest absolute Gasteiger partial charge is 0.385 e. The molecule has 0 unspecified atom stereocenters. The van der Waals surface area contributed by atoms with Crippen molar-refractivity contribution < 1.29 is 14.7 Å². The van der Waals surface area contributed by atoms with E-state index < -0.39 is 5.60 Å². The van der Waals surface area contributed by atoms with E-state index in [1.807, 2.05) is 12.1 Å². The molecular weight excluding hydrogens is 438 g/mol. The summed E-state index contributed by atoms with van der Waals surface area (Å²) in [4.78, 5) is 21.5. The highest BCUT2D eigenvalue weighted by molar-refractivity contribution is 5.96. The Morgan fingerprint density at radius 2 is 1.97 bits per heavy atom. The highest BCUT2D eigenvalue weighted by Gasteiger charge is 2.63. The Balaban J connectivity index is 1.21. The summed E-state index contributed by atoms with van der Waals surface area (Å²) >= 11 is 0. The van der Waals surface area contributed by atoms with Crippen molar-refractivity contribution in [2.45, 2.75) is 77.4 Å². The molecule has 4 aliphatic rings. The standard InChI is InChI=1S/C29H37N3O3/c1-4-29(34)14-9-25-23-6-5-21-17-22(7-12-27(21,2)24(23)8-13-28(25,29)3)32-35-19-26(33)31-18-20-10-15-30-16-11-20/h1,10-11,15-17,23-25,34H,5-9,12-14,18-19H2,2-3H3,(H,31,33)/t23-,24+,25+,27-,28+,29+/m0/s1. The number of allylic oxidation sites excluding steroid dienone is 2. The Morgan fingerprint density at radius 1 is 1.20 bits per heavy atom. The first kappa shape index (κ1) is 24.1. The van der Waals surface area contributed by atoms with Crippen LogP contribution < -0.4 is 5.32 Å². The Kier molecular flexibility index (Phi) is 6.25. The van der Waals surface area contributed by atoms with E-state index in [9.17, 15) is 9.90 Å². The van der Waals surface area contributed by atoms with Crippen molar-refractivity contribution in [2.24, 2.45) is 33.7 Å². The quantitative estimate of drug-likeness (QED) is 0.488. The number of terminal acetylenes is 1. The van der Waals surface area contributed by atoms with Crippen LogP contribution in [0.5, 0.6) is 0 Å². The first-order valence-electron chi connectivity index (χ1n) is 13.0. The summed E-state index contributed by atoms with van der Waals surface area (Å²) in [6.07, 6.45) is 19.5. The van der Waals surface area contributed by atoms with Crippen LogP contribution in [0.4, 0.5) is 0 Å². The van der Waals surface area contributed by atoms with Gasteiger partial charge in [-0.2, -0.15) is 0 Å². The molecule has 1 aromatic heterocycles. The van der Waals surface area contributed by atoms with Crippen LogP contribution in [0, 0.1) is 40.9 Å². The highest BCUT2D eigenvalue weighted by atomic mass is 16.6. The van der Waals surface area contributed by atoms with Crippen LogP contribution in [-0.4, -0.2) is 33.9 Å². The maximum atomic E-state index is 12.1. The van der Waals surface area contributed by atoms with Gasteiger partial charge in [0.05, 0.1) is 5.71 Å². The minimum Gasteiger partial charge on any atom is -0.385 e. The van der Waals surface area contributed by atoms with Crippen LogP contribution in [0.1, 0.15) is 70.8 Å². The number of amides is 1. The number of pyridine rings is 1. The number of hydrogen-bond acceptors (Lipinski definition) is 5. The Labute approximate surface area is 208 Å². The summed E-state index contributed by atoms with van der Waals surface area (Å²) in [6, 6.07) is 3.74. The highest BCUT2D eigenvalue weighted by Crippen LogP contribution is 2.67. The van der Waals surface area contributed by atoms with E-state index in [0.29, 0.717) is 24.3 Å². The average Bonchev–Trinajstić information content (AvgIpc) is 3.14. The van der Waals surface area contributed by atoms with Gasteiger partial charge < -0.3 is 15.3 Å². The molecule has 4 aliphatic carbocycles. The van der Waals surface area contributed by atoms with Crippen molar-refractivity contribution in [3.63, 3.8) is 0 Å². The third kappa shape index (κ3) is 4.08. The molecule has 3 fully saturated rings. The summed E-state index contributed by atoms with van der Waals surface area (Å²) in [7, 11) is 0. The number of nitrogens with zero attached hydrogens (tertiary/aromatic N) is 2. The van der Waals surface area contributed by atoms with Crippen molar-refractivity contribution in [2.75, 3.05) is 6.61 Å². The Hall–Kier alpha value is -2.65. The smallest absolute Gasteiger partial charge is 0.261 e. The molecule has 5 rings (SSSR count). The van der Waals surface area contributed by atoms with E-state index in [1.54, 1.807) is 12.4 Å². The van der Waals surface area contributed by atoms with Crippen molar-refractivity contribution in [1.29, 1.82) is 0 Å². The van der Waals surface area contributed by atoms with Gasteiger partial charge >= 0.3 is 0 Å². The molecule has 0 saturated heterocycles. The third-order valence-corrected chi connectivity index (χ3v) is 9.98. The van der Waals surface area contributed by atoms with Gasteiger partial charge in [-0.25, -0.2) is 0 Å². The zero-order valence-corrected chi connectivity index (χ0v) is 20.9. The van der Waals surface area contributed by atoms with Crippen LogP contribution in [-0.2, 0) is 16.2 Å².